The second-order valence-corrected chi connectivity index (χ2v) is 4.81. The van der Waals surface area contributed by atoms with Crippen LogP contribution in [0.5, 0.6) is 0 Å². The van der Waals surface area contributed by atoms with Gasteiger partial charge < -0.3 is 0 Å². The molecule has 4 nitrogen and oxygen atoms in total. The summed E-state index contributed by atoms with van der Waals surface area (Å²) >= 11 is 0. The summed E-state index contributed by atoms with van der Waals surface area (Å²) in [6.45, 7) is 0. The summed E-state index contributed by atoms with van der Waals surface area (Å²) in [5, 5.41) is 19.7. The normalized spacial score (nSPS) is 11.8. The van der Waals surface area contributed by atoms with Crippen LogP contribution in [0.2, 0.25) is 0 Å². The molecule has 1 aliphatic carbocycles. The van der Waals surface area contributed by atoms with Crippen LogP contribution in [0.25, 0.3) is 22.4 Å². The summed E-state index contributed by atoms with van der Waals surface area (Å²) in [7, 11) is 0. The predicted octanol–water partition coefficient (Wildman–Crippen LogP) is 2.91. The molecule has 1 aliphatic rings. The fourth-order valence-electron chi connectivity index (χ4n) is 2.88. The lowest BCUT2D eigenvalue weighted by atomic mass is 9.97. The molecule has 0 atom stereocenters. The van der Waals surface area contributed by atoms with Crippen LogP contribution in [-0.4, -0.2) is 15.4 Å². The molecule has 0 saturated heterocycles. The van der Waals surface area contributed by atoms with Gasteiger partial charge in [-0.05, 0) is 28.7 Å². The van der Waals surface area contributed by atoms with Crippen molar-refractivity contribution >= 4 is 0 Å². The standard InChI is InChI=1S/C16H10N4/c17-9-14-16(19-20-18-14)13-7-3-5-11-8-10-4-1-2-6-12(10)15(11)13/h1-7H,8H2,(H,18,19,20). The second-order valence-electron chi connectivity index (χ2n) is 4.81. The Morgan fingerprint density at radius 1 is 0.950 bits per heavy atom. The minimum absolute atomic E-state index is 0.336. The third kappa shape index (κ3) is 1.41. The molecule has 3 aromatic rings. The third-order valence-corrected chi connectivity index (χ3v) is 3.73. The van der Waals surface area contributed by atoms with Gasteiger partial charge in [-0.1, -0.05) is 42.5 Å². The van der Waals surface area contributed by atoms with E-state index in [9.17, 15) is 0 Å². The minimum Gasteiger partial charge on any atom is -0.196 e. The van der Waals surface area contributed by atoms with Gasteiger partial charge in [-0.15, -0.1) is 5.10 Å². The maximum Gasteiger partial charge on any atom is 0.190 e. The summed E-state index contributed by atoms with van der Waals surface area (Å²) in [6, 6.07) is 16.6. The molecule has 94 valence electrons. The number of hydrogen-bond donors (Lipinski definition) is 1. The van der Waals surface area contributed by atoms with E-state index in [1.165, 1.54) is 22.3 Å². The first-order chi connectivity index (χ1) is 9.88. The first-order valence-corrected chi connectivity index (χ1v) is 6.40. The van der Waals surface area contributed by atoms with Crippen molar-refractivity contribution in [3.8, 4) is 28.5 Å². The predicted molar refractivity (Wildman–Crippen MR) is 74.8 cm³/mol. The SMILES string of the molecule is N#Cc1n[nH]nc1-c1cccc2c1-c1ccccc1C2. The van der Waals surface area contributed by atoms with Crippen LogP contribution in [0.3, 0.4) is 0 Å². The van der Waals surface area contributed by atoms with Gasteiger partial charge in [0.05, 0.1) is 0 Å². The van der Waals surface area contributed by atoms with Gasteiger partial charge in [0.1, 0.15) is 11.8 Å². The molecule has 20 heavy (non-hydrogen) atoms. The molecule has 0 amide bonds. The summed E-state index contributed by atoms with van der Waals surface area (Å²) < 4.78 is 0. The molecule has 4 rings (SSSR count). The van der Waals surface area contributed by atoms with Crippen molar-refractivity contribution in [1.82, 2.24) is 15.4 Å². The van der Waals surface area contributed by atoms with Crippen LogP contribution in [0.4, 0.5) is 0 Å². The lowest BCUT2D eigenvalue weighted by molar-refractivity contribution is 0.937. The lowest BCUT2D eigenvalue weighted by Crippen LogP contribution is -1.88. The van der Waals surface area contributed by atoms with Crippen LogP contribution < -0.4 is 0 Å². The number of benzene rings is 2. The number of nitrogens with zero attached hydrogens (tertiary/aromatic N) is 3. The van der Waals surface area contributed by atoms with Gasteiger partial charge in [-0.3, -0.25) is 0 Å². The summed E-state index contributed by atoms with van der Waals surface area (Å²) in [4.78, 5) is 0. The van der Waals surface area contributed by atoms with E-state index in [1.807, 2.05) is 18.2 Å². The molecule has 0 radical (unpaired) electrons. The molecule has 0 spiro atoms. The highest BCUT2D eigenvalue weighted by Gasteiger charge is 2.23. The second kappa shape index (κ2) is 4.04. The molecule has 2 aromatic carbocycles. The van der Waals surface area contributed by atoms with Crippen LogP contribution in [0.1, 0.15) is 16.8 Å². The molecule has 4 heteroatoms. The monoisotopic (exact) mass is 258 g/mol. The fraction of sp³-hybridized carbons (Fsp3) is 0.0625. The van der Waals surface area contributed by atoms with Crippen molar-refractivity contribution in [2.75, 3.05) is 0 Å². The largest absolute Gasteiger partial charge is 0.196 e. The number of aromatic amines is 1. The topological polar surface area (TPSA) is 65.4 Å². The van der Waals surface area contributed by atoms with Crippen LogP contribution in [-0.2, 0) is 6.42 Å². The van der Waals surface area contributed by atoms with Crippen molar-refractivity contribution in [1.29, 1.82) is 5.26 Å². The van der Waals surface area contributed by atoms with Crippen molar-refractivity contribution in [3.05, 3.63) is 59.3 Å². The highest BCUT2D eigenvalue weighted by Crippen LogP contribution is 2.42. The quantitative estimate of drug-likeness (QED) is 0.571. The maximum atomic E-state index is 9.14. The Morgan fingerprint density at radius 3 is 2.65 bits per heavy atom. The number of aromatic nitrogens is 3. The van der Waals surface area contributed by atoms with E-state index in [-0.39, 0.29) is 0 Å². The average Bonchev–Trinajstić information content (AvgIpc) is 3.10. The van der Waals surface area contributed by atoms with E-state index in [1.54, 1.807) is 0 Å². The van der Waals surface area contributed by atoms with E-state index in [0.717, 1.165) is 12.0 Å². The molecule has 0 unspecified atom stereocenters. The summed E-state index contributed by atoms with van der Waals surface area (Å²) in [5.74, 6) is 0. The van der Waals surface area contributed by atoms with Gasteiger partial charge in [-0.2, -0.15) is 15.6 Å². The molecule has 1 heterocycles. The lowest BCUT2D eigenvalue weighted by Gasteiger charge is -2.07. The molecule has 0 aliphatic heterocycles. The van der Waals surface area contributed by atoms with E-state index in [0.29, 0.717) is 11.4 Å². The van der Waals surface area contributed by atoms with Gasteiger partial charge in [0.15, 0.2) is 5.69 Å². The number of fused-ring (bicyclic) bond motifs is 3. The van der Waals surface area contributed by atoms with E-state index in [2.05, 4.69) is 45.7 Å². The zero-order valence-electron chi connectivity index (χ0n) is 10.6. The van der Waals surface area contributed by atoms with Crippen molar-refractivity contribution in [2.45, 2.75) is 6.42 Å². The van der Waals surface area contributed by atoms with Gasteiger partial charge >= 0.3 is 0 Å². The molecule has 1 N–H and O–H groups in total. The average molecular weight is 258 g/mol. The molecular weight excluding hydrogens is 248 g/mol. The van der Waals surface area contributed by atoms with Crippen LogP contribution >= 0.6 is 0 Å². The Labute approximate surface area is 115 Å². The maximum absolute atomic E-state index is 9.14. The smallest absolute Gasteiger partial charge is 0.190 e. The number of hydrogen-bond acceptors (Lipinski definition) is 3. The third-order valence-electron chi connectivity index (χ3n) is 3.73. The number of rotatable bonds is 1. The Bertz CT molecular complexity index is 855. The molecule has 1 aromatic heterocycles. The van der Waals surface area contributed by atoms with Crippen molar-refractivity contribution < 1.29 is 0 Å². The van der Waals surface area contributed by atoms with Gasteiger partial charge in [0.2, 0.25) is 0 Å². The van der Waals surface area contributed by atoms with Gasteiger partial charge in [0.25, 0.3) is 0 Å². The van der Waals surface area contributed by atoms with Crippen LogP contribution in [0.15, 0.2) is 42.5 Å². The number of H-pyrrole nitrogens is 1. The zero-order valence-corrected chi connectivity index (χ0v) is 10.6. The molecular formula is C16H10N4. The molecule has 0 saturated carbocycles. The fourth-order valence-corrected chi connectivity index (χ4v) is 2.88. The van der Waals surface area contributed by atoms with E-state index in [4.69, 9.17) is 5.26 Å². The zero-order chi connectivity index (χ0) is 13.5. The Kier molecular flexibility index (Phi) is 2.21. The first kappa shape index (κ1) is 10.9. The number of nitriles is 1. The molecule has 0 bridgehead atoms. The Balaban J connectivity index is 2.03. The molecule has 0 fully saturated rings. The van der Waals surface area contributed by atoms with Gasteiger partial charge in [0, 0.05) is 5.56 Å². The van der Waals surface area contributed by atoms with Crippen molar-refractivity contribution in [2.24, 2.45) is 0 Å². The van der Waals surface area contributed by atoms with Crippen LogP contribution in [0, 0.1) is 11.3 Å². The highest BCUT2D eigenvalue weighted by atomic mass is 15.3. The Morgan fingerprint density at radius 2 is 1.75 bits per heavy atom. The number of nitrogens with one attached hydrogen (secondary N) is 1. The van der Waals surface area contributed by atoms with Crippen molar-refractivity contribution in [3.63, 3.8) is 0 Å². The summed E-state index contributed by atoms with van der Waals surface area (Å²) in [5.41, 5.74) is 6.92. The highest BCUT2D eigenvalue weighted by molar-refractivity contribution is 5.90. The van der Waals surface area contributed by atoms with Gasteiger partial charge in [-0.25, -0.2) is 0 Å². The Hall–Kier alpha value is -2.93. The van der Waals surface area contributed by atoms with E-state index < -0.39 is 0 Å². The summed E-state index contributed by atoms with van der Waals surface area (Å²) in [6.07, 6.45) is 0.930. The minimum atomic E-state index is 0.336. The van der Waals surface area contributed by atoms with E-state index >= 15 is 0 Å². The first-order valence-electron chi connectivity index (χ1n) is 6.40.